The number of hydrogen-bond donors (Lipinski definition) is 2. The van der Waals surface area contributed by atoms with Crippen LogP contribution in [0, 0.1) is 11.3 Å². The number of rotatable bonds is 4. The van der Waals surface area contributed by atoms with Crippen molar-refractivity contribution in [3.05, 3.63) is 48.2 Å². The Morgan fingerprint density at radius 1 is 1.08 bits per heavy atom. The van der Waals surface area contributed by atoms with Crippen molar-refractivity contribution in [1.29, 1.82) is 5.26 Å². The van der Waals surface area contributed by atoms with Crippen LogP contribution in [-0.4, -0.2) is 24.3 Å². The molecule has 0 unspecified atom stereocenters. The summed E-state index contributed by atoms with van der Waals surface area (Å²) in [5.74, 6) is 1.29. The van der Waals surface area contributed by atoms with E-state index in [-0.39, 0.29) is 5.75 Å². The molecule has 0 atom stereocenters. The molecule has 0 aliphatic heterocycles. The summed E-state index contributed by atoms with van der Waals surface area (Å²) in [5.41, 5.74) is 2.44. The van der Waals surface area contributed by atoms with Gasteiger partial charge in [0, 0.05) is 23.3 Å². The molecule has 0 bridgehead atoms. The fraction of sp³-hybridized carbons (Fsp3) is 0.111. The lowest BCUT2D eigenvalue weighted by molar-refractivity contribution is 0.356. The number of nitrogens with zero attached hydrogens (tertiary/aromatic N) is 2. The van der Waals surface area contributed by atoms with Crippen LogP contribution in [0.3, 0.4) is 0 Å². The molecule has 6 nitrogen and oxygen atoms in total. The molecular weight excluding hydrogens is 306 g/mol. The molecule has 2 aromatic carbocycles. The largest absolute Gasteiger partial charge is 0.508 e. The van der Waals surface area contributed by atoms with Gasteiger partial charge in [-0.25, -0.2) is 0 Å². The van der Waals surface area contributed by atoms with E-state index in [0.717, 1.165) is 11.1 Å². The van der Waals surface area contributed by atoms with Crippen molar-refractivity contribution in [2.24, 2.45) is 0 Å². The van der Waals surface area contributed by atoms with Crippen molar-refractivity contribution < 1.29 is 14.6 Å². The zero-order chi connectivity index (χ0) is 17.1. The highest BCUT2D eigenvalue weighted by Crippen LogP contribution is 2.36. The normalized spacial score (nSPS) is 10.2. The van der Waals surface area contributed by atoms with Crippen molar-refractivity contribution in [2.75, 3.05) is 19.5 Å². The van der Waals surface area contributed by atoms with E-state index in [9.17, 15) is 10.4 Å². The number of aromatic hydroxyl groups is 1. The quantitative estimate of drug-likeness (QED) is 0.714. The van der Waals surface area contributed by atoms with Crippen molar-refractivity contribution in [3.63, 3.8) is 0 Å². The van der Waals surface area contributed by atoms with Gasteiger partial charge in [-0.05, 0) is 30.3 Å². The number of aromatic nitrogens is 1. The fourth-order valence-electron chi connectivity index (χ4n) is 2.43. The van der Waals surface area contributed by atoms with Crippen molar-refractivity contribution >= 4 is 22.3 Å². The molecular formula is C18H15N3O3. The molecule has 3 aromatic rings. The van der Waals surface area contributed by atoms with Gasteiger partial charge in [0.05, 0.1) is 31.0 Å². The van der Waals surface area contributed by atoms with Gasteiger partial charge in [0.25, 0.3) is 0 Å². The Balaban J connectivity index is 2.19. The second-order valence-corrected chi connectivity index (χ2v) is 5.05. The van der Waals surface area contributed by atoms with Crippen LogP contribution in [0.25, 0.3) is 10.9 Å². The number of ether oxygens (including phenoxy) is 2. The summed E-state index contributed by atoms with van der Waals surface area (Å²) in [7, 11) is 3.11. The monoisotopic (exact) mass is 321 g/mol. The van der Waals surface area contributed by atoms with Crippen molar-refractivity contribution in [1.82, 2.24) is 4.98 Å². The molecule has 0 radical (unpaired) electrons. The number of anilines is 2. The average molecular weight is 321 g/mol. The number of methoxy groups -OCH3 is 2. The molecule has 0 fully saturated rings. The van der Waals surface area contributed by atoms with Gasteiger partial charge in [0.1, 0.15) is 11.8 Å². The molecule has 1 heterocycles. The molecule has 24 heavy (non-hydrogen) atoms. The molecule has 0 aliphatic rings. The van der Waals surface area contributed by atoms with Gasteiger partial charge in [-0.1, -0.05) is 0 Å². The van der Waals surface area contributed by atoms with Crippen LogP contribution >= 0.6 is 0 Å². The second kappa shape index (κ2) is 6.34. The van der Waals surface area contributed by atoms with E-state index in [4.69, 9.17) is 9.47 Å². The second-order valence-electron chi connectivity index (χ2n) is 5.05. The lowest BCUT2D eigenvalue weighted by Gasteiger charge is -2.14. The Morgan fingerprint density at radius 3 is 2.38 bits per heavy atom. The minimum Gasteiger partial charge on any atom is -0.508 e. The Bertz CT molecular complexity index is 931. The molecule has 2 N–H and O–H groups in total. The number of benzene rings is 2. The first kappa shape index (κ1) is 15.4. The number of fused-ring (bicyclic) bond motifs is 1. The van der Waals surface area contributed by atoms with Gasteiger partial charge in [-0.3, -0.25) is 4.98 Å². The number of phenolic OH excluding ortho intramolecular Hbond substituents is 1. The maximum Gasteiger partial charge on any atom is 0.162 e. The minimum absolute atomic E-state index is 0.173. The third-order valence-corrected chi connectivity index (χ3v) is 3.63. The molecule has 0 saturated carbocycles. The molecule has 1 aromatic heterocycles. The van der Waals surface area contributed by atoms with Crippen LogP contribution in [0.1, 0.15) is 5.56 Å². The Kier molecular flexibility index (Phi) is 4.08. The Morgan fingerprint density at radius 2 is 1.75 bits per heavy atom. The predicted molar refractivity (Wildman–Crippen MR) is 91.0 cm³/mol. The molecule has 6 heteroatoms. The third-order valence-electron chi connectivity index (χ3n) is 3.63. The summed E-state index contributed by atoms with van der Waals surface area (Å²) in [6.45, 7) is 0. The summed E-state index contributed by atoms with van der Waals surface area (Å²) in [5, 5.41) is 22.8. The van der Waals surface area contributed by atoms with Gasteiger partial charge in [0.15, 0.2) is 11.5 Å². The van der Waals surface area contributed by atoms with E-state index in [1.165, 1.54) is 6.20 Å². The summed E-state index contributed by atoms with van der Waals surface area (Å²) < 4.78 is 10.6. The van der Waals surface area contributed by atoms with Crippen molar-refractivity contribution in [2.45, 2.75) is 0 Å². The Labute approximate surface area is 138 Å². The van der Waals surface area contributed by atoms with Gasteiger partial charge >= 0.3 is 0 Å². The highest BCUT2D eigenvalue weighted by molar-refractivity contribution is 5.97. The molecule has 0 amide bonds. The zero-order valence-electron chi connectivity index (χ0n) is 13.2. The topological polar surface area (TPSA) is 87.4 Å². The number of hydrogen-bond acceptors (Lipinski definition) is 6. The van der Waals surface area contributed by atoms with Crippen LogP contribution in [0.5, 0.6) is 17.2 Å². The van der Waals surface area contributed by atoms with Crippen LogP contribution in [-0.2, 0) is 0 Å². The molecule has 3 rings (SSSR count). The smallest absolute Gasteiger partial charge is 0.162 e. The van der Waals surface area contributed by atoms with E-state index in [0.29, 0.717) is 28.3 Å². The predicted octanol–water partition coefficient (Wildman–Crippen LogP) is 3.57. The highest BCUT2D eigenvalue weighted by Gasteiger charge is 2.14. The minimum atomic E-state index is 0.173. The summed E-state index contributed by atoms with van der Waals surface area (Å²) >= 11 is 0. The van der Waals surface area contributed by atoms with E-state index >= 15 is 0 Å². The van der Waals surface area contributed by atoms with E-state index in [2.05, 4.69) is 16.4 Å². The van der Waals surface area contributed by atoms with Gasteiger partial charge in [0.2, 0.25) is 0 Å². The first-order chi connectivity index (χ1) is 11.7. The number of phenols is 1. The van der Waals surface area contributed by atoms with Crippen LogP contribution in [0.2, 0.25) is 0 Å². The lowest BCUT2D eigenvalue weighted by atomic mass is 10.1. The zero-order valence-corrected chi connectivity index (χ0v) is 13.2. The van der Waals surface area contributed by atoms with Gasteiger partial charge in [-0.15, -0.1) is 0 Å². The first-order valence-corrected chi connectivity index (χ1v) is 7.17. The molecule has 0 aliphatic carbocycles. The summed E-state index contributed by atoms with van der Waals surface area (Å²) in [6, 6.07) is 12.3. The van der Waals surface area contributed by atoms with Crippen molar-refractivity contribution in [3.8, 4) is 23.3 Å². The maximum absolute atomic E-state index is 9.40. The number of nitrogens with one attached hydrogen (secondary N) is 1. The first-order valence-electron chi connectivity index (χ1n) is 7.17. The molecule has 120 valence electrons. The maximum atomic E-state index is 9.40. The summed E-state index contributed by atoms with van der Waals surface area (Å²) in [4.78, 5) is 4.31. The fourth-order valence-corrected chi connectivity index (χ4v) is 2.43. The number of nitriles is 1. The highest BCUT2D eigenvalue weighted by atomic mass is 16.5. The van der Waals surface area contributed by atoms with E-state index in [1.807, 2.05) is 0 Å². The van der Waals surface area contributed by atoms with Gasteiger partial charge < -0.3 is 19.9 Å². The standard InChI is InChI=1S/C18H15N3O3/c1-23-16-7-14-15(8-17(16)24-2)20-10-11(9-19)18(14)21-12-3-5-13(22)6-4-12/h3-8,10,22H,1-2H3,(H,20,21). The molecule has 0 saturated heterocycles. The van der Waals surface area contributed by atoms with Crippen LogP contribution < -0.4 is 14.8 Å². The van der Waals surface area contributed by atoms with Crippen LogP contribution in [0.4, 0.5) is 11.4 Å². The average Bonchev–Trinajstić information content (AvgIpc) is 2.62. The lowest BCUT2D eigenvalue weighted by Crippen LogP contribution is -1.98. The van der Waals surface area contributed by atoms with E-state index in [1.54, 1.807) is 50.6 Å². The molecule has 0 spiro atoms. The SMILES string of the molecule is COc1cc2ncc(C#N)c(Nc3ccc(O)cc3)c2cc1OC. The van der Waals surface area contributed by atoms with Crippen LogP contribution in [0.15, 0.2) is 42.6 Å². The Hall–Kier alpha value is -3.46. The van der Waals surface area contributed by atoms with E-state index < -0.39 is 0 Å². The third kappa shape index (κ3) is 2.75. The number of pyridine rings is 1. The summed E-state index contributed by atoms with van der Waals surface area (Å²) in [6.07, 6.45) is 1.51. The van der Waals surface area contributed by atoms with Gasteiger partial charge in [-0.2, -0.15) is 5.26 Å².